The SMILES string of the molecule is C=C(C)CN(CC)S(=O)(=O)CCCl. The Hall–Kier alpha value is -0.0600. The minimum absolute atomic E-state index is 0.00429. The van der Waals surface area contributed by atoms with Crippen LogP contribution >= 0.6 is 11.6 Å². The van der Waals surface area contributed by atoms with Crippen molar-refractivity contribution in [3.63, 3.8) is 0 Å². The lowest BCUT2D eigenvalue weighted by Gasteiger charge is -2.19. The summed E-state index contributed by atoms with van der Waals surface area (Å²) in [6.07, 6.45) is 0. The minimum atomic E-state index is -3.18. The zero-order valence-electron chi connectivity index (χ0n) is 8.09. The quantitative estimate of drug-likeness (QED) is 0.507. The van der Waals surface area contributed by atoms with Crippen molar-refractivity contribution < 1.29 is 8.42 Å². The fraction of sp³-hybridized carbons (Fsp3) is 0.750. The van der Waals surface area contributed by atoms with E-state index < -0.39 is 10.0 Å². The van der Waals surface area contributed by atoms with Crippen molar-refractivity contribution in [1.82, 2.24) is 4.31 Å². The van der Waals surface area contributed by atoms with E-state index in [-0.39, 0.29) is 11.6 Å². The molecule has 0 aliphatic carbocycles. The fourth-order valence-electron chi connectivity index (χ4n) is 0.934. The van der Waals surface area contributed by atoms with Crippen molar-refractivity contribution in [2.24, 2.45) is 0 Å². The molecule has 78 valence electrons. The van der Waals surface area contributed by atoms with Gasteiger partial charge in [-0.1, -0.05) is 19.1 Å². The highest BCUT2D eigenvalue weighted by Crippen LogP contribution is 2.05. The van der Waals surface area contributed by atoms with E-state index >= 15 is 0 Å². The van der Waals surface area contributed by atoms with Gasteiger partial charge in [-0.15, -0.1) is 11.6 Å². The standard InChI is InChI=1S/C8H16ClNO2S/c1-4-10(7-8(2)3)13(11,12)6-5-9/h2,4-7H2,1,3H3. The first kappa shape index (κ1) is 12.9. The molecular formula is C8H16ClNO2S. The first-order chi connectivity index (χ1) is 5.94. The summed E-state index contributed by atoms with van der Waals surface area (Å²) in [6, 6.07) is 0. The molecule has 0 amide bonds. The number of likely N-dealkylation sites (N-methyl/N-ethyl adjacent to an activating group) is 1. The van der Waals surface area contributed by atoms with Gasteiger partial charge in [-0.05, 0) is 6.92 Å². The van der Waals surface area contributed by atoms with E-state index in [4.69, 9.17) is 11.6 Å². The Morgan fingerprint density at radius 3 is 2.38 bits per heavy atom. The smallest absolute Gasteiger partial charge is 0.212 e. The maximum Gasteiger partial charge on any atom is 0.215 e. The average molecular weight is 226 g/mol. The van der Waals surface area contributed by atoms with Crippen LogP contribution in [0, 0.1) is 0 Å². The lowest BCUT2D eigenvalue weighted by molar-refractivity contribution is 0.454. The summed E-state index contributed by atoms with van der Waals surface area (Å²) in [7, 11) is -3.18. The van der Waals surface area contributed by atoms with Crippen LogP contribution < -0.4 is 0 Å². The molecule has 13 heavy (non-hydrogen) atoms. The van der Waals surface area contributed by atoms with Crippen LogP contribution in [0.2, 0.25) is 0 Å². The molecule has 0 atom stereocenters. The first-order valence-electron chi connectivity index (χ1n) is 4.12. The lowest BCUT2D eigenvalue weighted by Crippen LogP contribution is -2.34. The highest BCUT2D eigenvalue weighted by atomic mass is 35.5. The monoisotopic (exact) mass is 225 g/mol. The molecule has 0 saturated carbocycles. The van der Waals surface area contributed by atoms with Crippen LogP contribution in [0.15, 0.2) is 12.2 Å². The van der Waals surface area contributed by atoms with Crippen LogP contribution in [-0.4, -0.2) is 37.4 Å². The third-order valence-corrected chi connectivity index (χ3v) is 3.83. The van der Waals surface area contributed by atoms with Gasteiger partial charge >= 0.3 is 0 Å². The second-order valence-electron chi connectivity index (χ2n) is 2.89. The number of rotatable bonds is 6. The van der Waals surface area contributed by atoms with Crippen molar-refractivity contribution in [2.75, 3.05) is 24.7 Å². The van der Waals surface area contributed by atoms with Gasteiger partial charge in [0.25, 0.3) is 0 Å². The van der Waals surface area contributed by atoms with E-state index in [0.29, 0.717) is 13.1 Å². The zero-order chi connectivity index (χ0) is 10.5. The van der Waals surface area contributed by atoms with Gasteiger partial charge in [-0.3, -0.25) is 0 Å². The molecule has 0 saturated heterocycles. The van der Waals surface area contributed by atoms with E-state index in [1.807, 2.05) is 0 Å². The van der Waals surface area contributed by atoms with Gasteiger partial charge in [0, 0.05) is 19.0 Å². The molecule has 0 N–H and O–H groups in total. The number of hydrogen-bond acceptors (Lipinski definition) is 2. The Balaban J connectivity index is 4.47. The minimum Gasteiger partial charge on any atom is -0.212 e. The number of alkyl halides is 1. The molecule has 0 spiro atoms. The predicted molar refractivity (Wildman–Crippen MR) is 56.6 cm³/mol. The third kappa shape index (κ3) is 4.64. The van der Waals surface area contributed by atoms with Gasteiger partial charge in [0.2, 0.25) is 10.0 Å². The maximum absolute atomic E-state index is 11.5. The van der Waals surface area contributed by atoms with Crippen LogP contribution in [-0.2, 0) is 10.0 Å². The second kappa shape index (κ2) is 5.62. The molecule has 0 unspecified atom stereocenters. The van der Waals surface area contributed by atoms with Gasteiger partial charge in [0.1, 0.15) is 0 Å². The van der Waals surface area contributed by atoms with Gasteiger partial charge < -0.3 is 0 Å². The van der Waals surface area contributed by atoms with Gasteiger partial charge in [-0.25, -0.2) is 8.42 Å². The summed E-state index contributed by atoms with van der Waals surface area (Å²) in [5.41, 5.74) is 0.833. The number of nitrogens with zero attached hydrogens (tertiary/aromatic N) is 1. The molecule has 0 aromatic carbocycles. The van der Waals surface area contributed by atoms with Crippen molar-refractivity contribution in [3.8, 4) is 0 Å². The Kier molecular flexibility index (Phi) is 5.60. The van der Waals surface area contributed by atoms with Crippen molar-refractivity contribution in [3.05, 3.63) is 12.2 Å². The Labute approximate surface area is 85.4 Å². The topological polar surface area (TPSA) is 37.4 Å². The van der Waals surface area contributed by atoms with Crippen LogP contribution in [0.5, 0.6) is 0 Å². The Bertz CT molecular complexity index is 261. The van der Waals surface area contributed by atoms with Crippen LogP contribution in [0.25, 0.3) is 0 Å². The molecule has 3 nitrogen and oxygen atoms in total. The van der Waals surface area contributed by atoms with Gasteiger partial charge in [-0.2, -0.15) is 4.31 Å². The van der Waals surface area contributed by atoms with Gasteiger partial charge in [0.15, 0.2) is 0 Å². The lowest BCUT2D eigenvalue weighted by atomic mass is 10.3. The predicted octanol–water partition coefficient (Wildman–Crippen LogP) is 1.45. The highest BCUT2D eigenvalue weighted by Gasteiger charge is 2.18. The number of halogens is 1. The maximum atomic E-state index is 11.5. The molecule has 0 bridgehead atoms. The van der Waals surface area contributed by atoms with Crippen LogP contribution in [0.3, 0.4) is 0 Å². The summed E-state index contributed by atoms with van der Waals surface area (Å²) in [5, 5.41) is 0. The third-order valence-electron chi connectivity index (χ3n) is 1.53. The summed E-state index contributed by atoms with van der Waals surface area (Å²) in [6.45, 7) is 8.13. The van der Waals surface area contributed by atoms with E-state index in [2.05, 4.69) is 6.58 Å². The first-order valence-corrected chi connectivity index (χ1v) is 6.26. The molecule has 5 heteroatoms. The van der Waals surface area contributed by atoms with Crippen LogP contribution in [0.4, 0.5) is 0 Å². The number of sulfonamides is 1. The van der Waals surface area contributed by atoms with E-state index in [1.165, 1.54) is 4.31 Å². The molecule has 0 rings (SSSR count). The van der Waals surface area contributed by atoms with Crippen molar-refractivity contribution in [1.29, 1.82) is 0 Å². The number of hydrogen-bond donors (Lipinski definition) is 0. The highest BCUT2D eigenvalue weighted by molar-refractivity contribution is 7.89. The molecule has 0 heterocycles. The summed E-state index contributed by atoms with van der Waals surface area (Å²) in [4.78, 5) is 0. The molecule has 0 fully saturated rings. The molecule has 0 aliphatic rings. The van der Waals surface area contributed by atoms with Crippen LogP contribution in [0.1, 0.15) is 13.8 Å². The molecule has 0 aromatic rings. The van der Waals surface area contributed by atoms with Crippen molar-refractivity contribution >= 4 is 21.6 Å². The van der Waals surface area contributed by atoms with E-state index in [9.17, 15) is 8.42 Å². The summed E-state index contributed by atoms with van der Waals surface area (Å²) < 4.78 is 24.4. The second-order valence-corrected chi connectivity index (χ2v) is 5.35. The molecule has 0 aliphatic heterocycles. The van der Waals surface area contributed by atoms with Gasteiger partial charge in [0.05, 0.1) is 5.75 Å². The average Bonchev–Trinajstić information content (AvgIpc) is 1.99. The summed E-state index contributed by atoms with van der Waals surface area (Å²) >= 11 is 5.40. The summed E-state index contributed by atoms with van der Waals surface area (Å²) in [5.74, 6) is 0.130. The molecule has 0 aromatic heterocycles. The van der Waals surface area contributed by atoms with E-state index in [1.54, 1.807) is 13.8 Å². The normalized spacial score (nSPS) is 12.0. The fourth-order valence-corrected chi connectivity index (χ4v) is 2.78. The Morgan fingerprint density at radius 2 is 2.08 bits per heavy atom. The van der Waals surface area contributed by atoms with Crippen molar-refractivity contribution in [2.45, 2.75) is 13.8 Å². The Morgan fingerprint density at radius 1 is 1.54 bits per heavy atom. The zero-order valence-corrected chi connectivity index (χ0v) is 9.66. The molecular weight excluding hydrogens is 210 g/mol. The van der Waals surface area contributed by atoms with E-state index in [0.717, 1.165) is 5.57 Å². The largest absolute Gasteiger partial charge is 0.215 e. The molecule has 0 radical (unpaired) electrons.